The van der Waals surface area contributed by atoms with Gasteiger partial charge in [-0.2, -0.15) is 0 Å². The molecular formula is C18H18N4O3S2. The maximum atomic E-state index is 12.4. The highest BCUT2D eigenvalue weighted by Crippen LogP contribution is 2.46. The number of nitrogens with one attached hydrogen (secondary N) is 1. The van der Waals surface area contributed by atoms with Gasteiger partial charge in [-0.3, -0.25) is 9.20 Å². The Hall–Kier alpha value is -2.39. The van der Waals surface area contributed by atoms with Gasteiger partial charge in [0.2, 0.25) is 5.91 Å². The van der Waals surface area contributed by atoms with Gasteiger partial charge in [-0.05, 0) is 48.8 Å². The molecule has 4 rings (SSSR count). The van der Waals surface area contributed by atoms with Crippen molar-refractivity contribution in [1.82, 2.24) is 14.6 Å². The number of pyridine rings is 1. The number of rotatable bonds is 7. The number of nitrogens with zero attached hydrogens (tertiary/aromatic N) is 3. The molecule has 0 radical (unpaired) electrons. The molecule has 1 aliphatic rings. The van der Waals surface area contributed by atoms with Crippen LogP contribution in [0, 0.1) is 0 Å². The van der Waals surface area contributed by atoms with Crippen LogP contribution < -0.4 is 5.32 Å². The van der Waals surface area contributed by atoms with Gasteiger partial charge in [-0.25, -0.2) is 4.79 Å². The van der Waals surface area contributed by atoms with Crippen LogP contribution in [0.4, 0.5) is 5.00 Å². The van der Waals surface area contributed by atoms with Crippen LogP contribution in [0.1, 0.15) is 41.6 Å². The SMILES string of the molecule is CCOC(=O)c1c(C2CC2)csc1NC(=O)CSc1nnc2ccccn12. The van der Waals surface area contributed by atoms with E-state index >= 15 is 0 Å². The van der Waals surface area contributed by atoms with Crippen molar-refractivity contribution in [3.63, 3.8) is 0 Å². The van der Waals surface area contributed by atoms with Crippen LogP contribution in [0.3, 0.4) is 0 Å². The molecule has 0 unspecified atom stereocenters. The molecule has 0 saturated heterocycles. The number of carbonyl (C=O) groups excluding carboxylic acids is 2. The molecule has 27 heavy (non-hydrogen) atoms. The van der Waals surface area contributed by atoms with Gasteiger partial charge in [-0.15, -0.1) is 21.5 Å². The van der Waals surface area contributed by atoms with E-state index < -0.39 is 0 Å². The fourth-order valence-corrected chi connectivity index (χ4v) is 4.55. The van der Waals surface area contributed by atoms with E-state index in [0.29, 0.717) is 28.2 Å². The van der Waals surface area contributed by atoms with Crippen molar-refractivity contribution >= 4 is 45.6 Å². The average Bonchev–Trinajstić information content (AvgIpc) is 3.30. The van der Waals surface area contributed by atoms with Crippen LogP contribution in [0.5, 0.6) is 0 Å². The van der Waals surface area contributed by atoms with Gasteiger partial charge in [0.05, 0.1) is 17.9 Å². The summed E-state index contributed by atoms with van der Waals surface area (Å²) in [6.07, 6.45) is 4.01. The second kappa shape index (κ2) is 7.69. The number of thiophene rings is 1. The lowest BCUT2D eigenvalue weighted by Crippen LogP contribution is -2.17. The first kappa shape index (κ1) is 18.0. The van der Waals surface area contributed by atoms with Gasteiger partial charge in [0.15, 0.2) is 10.8 Å². The van der Waals surface area contributed by atoms with Crippen molar-refractivity contribution in [1.29, 1.82) is 0 Å². The van der Waals surface area contributed by atoms with E-state index in [4.69, 9.17) is 4.74 Å². The molecule has 9 heteroatoms. The molecule has 1 fully saturated rings. The number of carbonyl (C=O) groups is 2. The van der Waals surface area contributed by atoms with E-state index in [1.165, 1.54) is 23.1 Å². The van der Waals surface area contributed by atoms with Crippen molar-refractivity contribution in [3.8, 4) is 0 Å². The molecule has 7 nitrogen and oxygen atoms in total. The van der Waals surface area contributed by atoms with Gasteiger partial charge in [0.1, 0.15) is 5.00 Å². The Morgan fingerprint density at radius 3 is 3.00 bits per heavy atom. The minimum atomic E-state index is -0.368. The smallest absolute Gasteiger partial charge is 0.341 e. The van der Waals surface area contributed by atoms with Crippen molar-refractivity contribution in [2.24, 2.45) is 0 Å². The summed E-state index contributed by atoms with van der Waals surface area (Å²) in [4.78, 5) is 24.8. The van der Waals surface area contributed by atoms with Crippen molar-refractivity contribution in [2.45, 2.75) is 30.8 Å². The number of fused-ring (bicyclic) bond motifs is 1. The Morgan fingerprint density at radius 1 is 1.37 bits per heavy atom. The summed E-state index contributed by atoms with van der Waals surface area (Å²) >= 11 is 2.68. The number of anilines is 1. The first-order valence-electron chi connectivity index (χ1n) is 8.68. The minimum Gasteiger partial charge on any atom is -0.462 e. The Kier molecular flexibility index (Phi) is 5.13. The summed E-state index contributed by atoms with van der Waals surface area (Å²) in [7, 11) is 0. The number of amides is 1. The molecule has 3 aromatic heterocycles. The van der Waals surface area contributed by atoms with E-state index in [1.54, 1.807) is 6.92 Å². The third-order valence-corrected chi connectivity index (χ3v) is 6.04. The quantitative estimate of drug-likeness (QED) is 0.480. The zero-order chi connectivity index (χ0) is 18.8. The first-order chi connectivity index (χ1) is 13.2. The van der Waals surface area contributed by atoms with E-state index in [0.717, 1.165) is 24.1 Å². The Bertz CT molecular complexity index is 994. The third kappa shape index (κ3) is 3.84. The first-order valence-corrected chi connectivity index (χ1v) is 10.5. The number of ether oxygens (including phenoxy) is 1. The highest BCUT2D eigenvalue weighted by Gasteiger charge is 2.32. The van der Waals surface area contributed by atoms with Gasteiger partial charge in [0, 0.05) is 6.20 Å². The molecule has 1 amide bonds. The maximum Gasteiger partial charge on any atom is 0.341 e. The van der Waals surface area contributed by atoms with Crippen LogP contribution >= 0.6 is 23.1 Å². The summed E-state index contributed by atoms with van der Waals surface area (Å²) in [5.41, 5.74) is 2.23. The molecule has 0 aliphatic heterocycles. The van der Waals surface area contributed by atoms with Crippen LogP contribution in [-0.4, -0.2) is 38.8 Å². The number of esters is 1. The summed E-state index contributed by atoms with van der Waals surface area (Å²) < 4.78 is 7.02. The van der Waals surface area contributed by atoms with Gasteiger partial charge in [0.25, 0.3) is 0 Å². The van der Waals surface area contributed by atoms with Crippen LogP contribution in [0.2, 0.25) is 0 Å². The Balaban J connectivity index is 1.45. The maximum absolute atomic E-state index is 12.4. The standard InChI is InChI=1S/C18H18N4O3S2/c1-2-25-17(24)15-12(11-6-7-11)9-26-16(15)19-14(23)10-27-18-21-20-13-5-3-4-8-22(13)18/h3-5,8-9,11H,2,6-7,10H2,1H3,(H,19,23). The average molecular weight is 403 g/mol. The molecule has 0 aromatic carbocycles. The summed E-state index contributed by atoms with van der Waals surface area (Å²) in [6, 6.07) is 5.63. The highest BCUT2D eigenvalue weighted by atomic mass is 32.2. The van der Waals surface area contributed by atoms with Gasteiger partial charge >= 0.3 is 5.97 Å². The second-order valence-electron chi connectivity index (χ2n) is 6.14. The largest absolute Gasteiger partial charge is 0.462 e. The topological polar surface area (TPSA) is 85.6 Å². The van der Waals surface area contributed by atoms with E-state index in [1.807, 2.05) is 34.2 Å². The zero-order valence-corrected chi connectivity index (χ0v) is 16.3. The predicted octanol–water partition coefficient (Wildman–Crippen LogP) is 3.58. The Morgan fingerprint density at radius 2 is 2.22 bits per heavy atom. The second-order valence-corrected chi connectivity index (χ2v) is 7.96. The van der Waals surface area contributed by atoms with Crippen molar-refractivity contribution in [2.75, 3.05) is 17.7 Å². The molecule has 140 valence electrons. The lowest BCUT2D eigenvalue weighted by molar-refractivity contribution is -0.113. The van der Waals surface area contributed by atoms with E-state index in [2.05, 4.69) is 15.5 Å². The predicted molar refractivity (Wildman–Crippen MR) is 105 cm³/mol. The van der Waals surface area contributed by atoms with Gasteiger partial charge in [-0.1, -0.05) is 17.8 Å². The summed E-state index contributed by atoms with van der Waals surface area (Å²) in [6.45, 7) is 2.08. The minimum absolute atomic E-state index is 0.175. The van der Waals surface area contributed by atoms with Gasteiger partial charge < -0.3 is 10.1 Å². The van der Waals surface area contributed by atoms with E-state index in [9.17, 15) is 9.59 Å². The lowest BCUT2D eigenvalue weighted by atomic mass is 10.1. The molecule has 1 saturated carbocycles. The summed E-state index contributed by atoms with van der Waals surface area (Å²) in [5.74, 6) is 0.0201. The Labute approximate surface area is 164 Å². The van der Waals surface area contributed by atoms with Crippen LogP contribution in [-0.2, 0) is 9.53 Å². The van der Waals surface area contributed by atoms with Crippen LogP contribution in [0.25, 0.3) is 5.65 Å². The fraction of sp³-hybridized carbons (Fsp3) is 0.333. The van der Waals surface area contributed by atoms with Crippen molar-refractivity contribution in [3.05, 3.63) is 40.9 Å². The van der Waals surface area contributed by atoms with Crippen molar-refractivity contribution < 1.29 is 14.3 Å². The molecule has 3 heterocycles. The zero-order valence-electron chi connectivity index (χ0n) is 14.7. The molecule has 1 aliphatic carbocycles. The highest BCUT2D eigenvalue weighted by molar-refractivity contribution is 7.99. The number of aromatic nitrogens is 3. The molecule has 0 bridgehead atoms. The van der Waals surface area contributed by atoms with Crippen LogP contribution in [0.15, 0.2) is 34.9 Å². The molecule has 1 N–H and O–H groups in total. The lowest BCUT2D eigenvalue weighted by Gasteiger charge is -2.08. The molecule has 0 atom stereocenters. The molecular weight excluding hydrogens is 384 g/mol. The summed E-state index contributed by atoms with van der Waals surface area (Å²) in [5, 5.41) is 14.2. The fourth-order valence-electron chi connectivity index (χ4n) is 2.78. The third-order valence-electron chi connectivity index (χ3n) is 4.18. The molecule has 3 aromatic rings. The number of hydrogen-bond acceptors (Lipinski definition) is 7. The molecule has 0 spiro atoms. The normalized spacial score (nSPS) is 13.7. The number of thioether (sulfide) groups is 1. The number of hydrogen-bond donors (Lipinski definition) is 1. The van der Waals surface area contributed by atoms with E-state index in [-0.39, 0.29) is 17.6 Å². The monoisotopic (exact) mass is 402 g/mol.